The normalized spacial score (nSPS) is 16.3. The van der Waals surface area contributed by atoms with Gasteiger partial charge in [0.2, 0.25) is 5.91 Å². The van der Waals surface area contributed by atoms with Crippen LogP contribution in [0.3, 0.4) is 0 Å². The zero-order chi connectivity index (χ0) is 20.6. The Balaban J connectivity index is 1.71. The van der Waals surface area contributed by atoms with Crippen molar-refractivity contribution in [2.45, 2.75) is 13.0 Å². The van der Waals surface area contributed by atoms with Gasteiger partial charge in [-0.25, -0.2) is 0 Å². The van der Waals surface area contributed by atoms with E-state index in [4.69, 9.17) is 4.74 Å². The molecule has 1 heterocycles. The van der Waals surface area contributed by atoms with Crippen molar-refractivity contribution in [2.75, 3.05) is 51.8 Å². The maximum atomic E-state index is 12.7. The molecule has 154 valence electrons. The summed E-state index contributed by atoms with van der Waals surface area (Å²) >= 11 is 0. The first-order valence-corrected chi connectivity index (χ1v) is 10.2. The molecule has 1 aliphatic heterocycles. The van der Waals surface area contributed by atoms with E-state index in [-0.39, 0.29) is 11.9 Å². The second-order valence-electron chi connectivity index (χ2n) is 7.60. The van der Waals surface area contributed by atoms with Gasteiger partial charge >= 0.3 is 0 Å². The molecule has 1 fully saturated rings. The summed E-state index contributed by atoms with van der Waals surface area (Å²) in [6, 6.07) is 18.6. The second-order valence-corrected chi connectivity index (χ2v) is 7.60. The minimum Gasteiger partial charge on any atom is -0.379 e. The van der Waals surface area contributed by atoms with Crippen molar-refractivity contribution >= 4 is 17.7 Å². The first kappa shape index (κ1) is 21.1. The van der Waals surface area contributed by atoms with Crippen molar-refractivity contribution in [2.24, 2.45) is 0 Å². The number of rotatable bonds is 7. The lowest BCUT2D eigenvalue weighted by Crippen LogP contribution is -2.44. The molecular weight excluding hydrogens is 362 g/mol. The molecule has 1 aliphatic rings. The Labute approximate surface area is 174 Å². The summed E-state index contributed by atoms with van der Waals surface area (Å²) < 4.78 is 5.52. The molecule has 1 unspecified atom stereocenters. The third-order valence-electron chi connectivity index (χ3n) is 5.28. The Hall–Kier alpha value is -2.63. The van der Waals surface area contributed by atoms with E-state index in [1.807, 2.05) is 57.4 Å². The standard InChI is InChI=1S/C24H31N3O2/c1-19(17-20-7-5-4-6-8-20)24(28)25-18-23(27-13-15-29-16-14-27)21-9-11-22(12-10-21)26(2)3/h4-12,17,23H,13-16,18H2,1-3H3,(H,25,28)/b19-17+. The first-order valence-electron chi connectivity index (χ1n) is 10.2. The highest BCUT2D eigenvalue weighted by molar-refractivity contribution is 5.97. The van der Waals surface area contributed by atoms with E-state index in [9.17, 15) is 4.79 Å². The van der Waals surface area contributed by atoms with E-state index < -0.39 is 0 Å². The number of benzene rings is 2. The summed E-state index contributed by atoms with van der Waals surface area (Å²) in [4.78, 5) is 17.2. The molecule has 1 atom stereocenters. The van der Waals surface area contributed by atoms with Gasteiger partial charge in [-0.05, 0) is 36.3 Å². The average molecular weight is 394 g/mol. The van der Waals surface area contributed by atoms with Crippen molar-refractivity contribution in [1.29, 1.82) is 0 Å². The van der Waals surface area contributed by atoms with Crippen LogP contribution in [0.1, 0.15) is 24.1 Å². The fraction of sp³-hybridized carbons (Fsp3) is 0.375. The third kappa shape index (κ3) is 5.92. The van der Waals surface area contributed by atoms with Crippen LogP contribution in [0.4, 0.5) is 5.69 Å². The summed E-state index contributed by atoms with van der Waals surface area (Å²) in [5.41, 5.74) is 4.12. The largest absolute Gasteiger partial charge is 0.379 e. The molecule has 1 saturated heterocycles. The number of hydrogen-bond donors (Lipinski definition) is 1. The molecule has 0 spiro atoms. The summed E-state index contributed by atoms with van der Waals surface area (Å²) in [6.07, 6.45) is 1.92. The van der Waals surface area contributed by atoms with E-state index in [1.165, 1.54) is 11.3 Å². The number of amides is 1. The smallest absolute Gasteiger partial charge is 0.247 e. The molecule has 3 rings (SSSR count). The second kappa shape index (κ2) is 10.2. The van der Waals surface area contributed by atoms with Gasteiger partial charge in [0.25, 0.3) is 0 Å². The van der Waals surface area contributed by atoms with Crippen LogP contribution in [-0.2, 0) is 9.53 Å². The van der Waals surface area contributed by atoms with E-state index in [1.54, 1.807) is 0 Å². The highest BCUT2D eigenvalue weighted by Crippen LogP contribution is 2.24. The van der Waals surface area contributed by atoms with E-state index in [0.717, 1.165) is 31.9 Å². The predicted molar refractivity (Wildman–Crippen MR) is 119 cm³/mol. The minimum atomic E-state index is -0.0305. The quantitative estimate of drug-likeness (QED) is 0.733. The Morgan fingerprint density at radius 3 is 2.38 bits per heavy atom. The lowest BCUT2D eigenvalue weighted by atomic mass is 10.0. The van der Waals surface area contributed by atoms with Crippen LogP contribution >= 0.6 is 0 Å². The maximum absolute atomic E-state index is 12.7. The van der Waals surface area contributed by atoms with E-state index in [2.05, 4.69) is 39.4 Å². The Bertz CT molecular complexity index is 810. The number of nitrogens with one attached hydrogen (secondary N) is 1. The number of carbonyl (C=O) groups excluding carboxylic acids is 1. The lowest BCUT2D eigenvalue weighted by molar-refractivity contribution is -0.117. The number of ether oxygens (including phenoxy) is 1. The molecule has 1 N–H and O–H groups in total. The molecule has 2 aromatic carbocycles. The van der Waals surface area contributed by atoms with Crippen molar-refractivity contribution < 1.29 is 9.53 Å². The third-order valence-corrected chi connectivity index (χ3v) is 5.28. The first-order chi connectivity index (χ1) is 14.0. The summed E-state index contributed by atoms with van der Waals surface area (Å²) in [5, 5.41) is 3.14. The molecule has 0 radical (unpaired) electrons. The van der Waals surface area contributed by atoms with Crippen LogP contribution < -0.4 is 10.2 Å². The zero-order valence-electron chi connectivity index (χ0n) is 17.6. The van der Waals surface area contributed by atoms with Crippen molar-refractivity contribution in [3.05, 3.63) is 71.3 Å². The average Bonchev–Trinajstić information content (AvgIpc) is 2.75. The molecule has 5 nitrogen and oxygen atoms in total. The highest BCUT2D eigenvalue weighted by Gasteiger charge is 2.23. The van der Waals surface area contributed by atoms with E-state index >= 15 is 0 Å². The summed E-state index contributed by atoms with van der Waals surface area (Å²) in [6.45, 7) is 5.63. The van der Waals surface area contributed by atoms with Gasteiger partial charge in [0.1, 0.15) is 0 Å². The Morgan fingerprint density at radius 2 is 1.76 bits per heavy atom. The predicted octanol–water partition coefficient (Wildman–Crippen LogP) is 3.35. The zero-order valence-corrected chi connectivity index (χ0v) is 17.6. The molecule has 0 saturated carbocycles. The number of carbonyl (C=O) groups is 1. The monoisotopic (exact) mass is 393 g/mol. The van der Waals surface area contributed by atoms with Crippen LogP contribution in [0, 0.1) is 0 Å². The molecule has 0 aromatic heterocycles. The number of hydrogen-bond acceptors (Lipinski definition) is 4. The molecule has 1 amide bonds. The molecule has 29 heavy (non-hydrogen) atoms. The summed E-state index contributed by atoms with van der Waals surface area (Å²) in [5.74, 6) is -0.0305. The van der Waals surface area contributed by atoms with Crippen molar-refractivity contribution in [1.82, 2.24) is 10.2 Å². The van der Waals surface area contributed by atoms with Gasteiger partial charge in [-0.1, -0.05) is 42.5 Å². The van der Waals surface area contributed by atoms with Crippen molar-refractivity contribution in [3.63, 3.8) is 0 Å². The topological polar surface area (TPSA) is 44.8 Å². The van der Waals surface area contributed by atoms with Gasteiger partial charge in [0.15, 0.2) is 0 Å². The Kier molecular flexibility index (Phi) is 7.44. The summed E-state index contributed by atoms with van der Waals surface area (Å²) in [7, 11) is 4.08. The van der Waals surface area contributed by atoms with Crippen LogP contribution in [0.25, 0.3) is 6.08 Å². The van der Waals surface area contributed by atoms with Crippen molar-refractivity contribution in [3.8, 4) is 0 Å². The molecule has 0 aliphatic carbocycles. The SMILES string of the molecule is C/C(=C\c1ccccc1)C(=O)NCC(c1ccc(N(C)C)cc1)N1CCOCC1. The van der Waals surface area contributed by atoms with Gasteiger partial charge in [0, 0.05) is 45.0 Å². The fourth-order valence-corrected chi connectivity index (χ4v) is 3.54. The number of anilines is 1. The number of morpholine rings is 1. The molecule has 5 heteroatoms. The highest BCUT2D eigenvalue weighted by atomic mass is 16.5. The van der Waals surface area contributed by atoms with Gasteiger partial charge in [-0.2, -0.15) is 0 Å². The van der Waals surface area contributed by atoms with Gasteiger partial charge in [-0.3, -0.25) is 9.69 Å². The number of nitrogens with zero attached hydrogens (tertiary/aromatic N) is 2. The van der Waals surface area contributed by atoms with Crippen LogP contribution in [-0.4, -0.2) is 57.8 Å². The van der Waals surface area contributed by atoms with Gasteiger partial charge in [0.05, 0.1) is 19.3 Å². The molecule has 0 bridgehead atoms. The fourth-order valence-electron chi connectivity index (χ4n) is 3.54. The Morgan fingerprint density at radius 1 is 1.10 bits per heavy atom. The maximum Gasteiger partial charge on any atom is 0.247 e. The van der Waals surface area contributed by atoms with Gasteiger partial charge in [-0.15, -0.1) is 0 Å². The molecular formula is C24H31N3O2. The van der Waals surface area contributed by atoms with E-state index in [0.29, 0.717) is 12.1 Å². The minimum absolute atomic E-state index is 0.0305. The van der Waals surface area contributed by atoms with Crippen LogP contribution in [0.2, 0.25) is 0 Å². The molecule has 2 aromatic rings. The van der Waals surface area contributed by atoms with Crippen LogP contribution in [0.5, 0.6) is 0 Å². The van der Waals surface area contributed by atoms with Gasteiger partial charge < -0.3 is 15.0 Å². The van der Waals surface area contributed by atoms with Crippen LogP contribution in [0.15, 0.2) is 60.2 Å². The lowest BCUT2D eigenvalue weighted by Gasteiger charge is -2.35.